The molecule has 20 heavy (non-hydrogen) atoms. The molecular formula is C16H32N4. The third kappa shape index (κ3) is 5.05. The summed E-state index contributed by atoms with van der Waals surface area (Å²) < 4.78 is 0. The Morgan fingerprint density at radius 3 is 2.55 bits per heavy atom. The number of hydrogen-bond donors (Lipinski definition) is 1. The van der Waals surface area contributed by atoms with E-state index in [1.54, 1.807) is 0 Å². The van der Waals surface area contributed by atoms with Crippen molar-refractivity contribution in [3.8, 4) is 6.07 Å². The second-order valence-corrected chi connectivity index (χ2v) is 6.94. The summed E-state index contributed by atoms with van der Waals surface area (Å²) in [5.74, 6) is 0. The van der Waals surface area contributed by atoms with E-state index in [0.717, 1.165) is 39.0 Å². The molecule has 1 fully saturated rings. The Morgan fingerprint density at radius 2 is 2.00 bits per heavy atom. The molecule has 0 aromatic carbocycles. The zero-order valence-electron chi connectivity index (χ0n) is 14.0. The summed E-state index contributed by atoms with van der Waals surface area (Å²) in [6, 6.07) is 2.41. The van der Waals surface area contributed by atoms with Crippen LogP contribution in [0.2, 0.25) is 0 Å². The van der Waals surface area contributed by atoms with Crippen LogP contribution < -0.4 is 5.32 Å². The molecule has 1 saturated heterocycles. The normalized spacial score (nSPS) is 23.2. The second kappa shape index (κ2) is 7.40. The maximum absolute atomic E-state index is 9.23. The number of nitriles is 1. The van der Waals surface area contributed by atoms with Crippen LogP contribution in [0.4, 0.5) is 0 Å². The molecule has 0 spiro atoms. The predicted octanol–water partition coefficient (Wildman–Crippen LogP) is 2.07. The highest BCUT2D eigenvalue weighted by atomic mass is 15.3. The maximum atomic E-state index is 9.23. The van der Waals surface area contributed by atoms with Crippen molar-refractivity contribution in [3.05, 3.63) is 0 Å². The molecule has 1 rings (SSSR count). The SMILES string of the molecule is CCNC(C)(C#N)CCCCN1CCN(C)C(C)(C)C1. The first-order valence-electron chi connectivity index (χ1n) is 7.93. The molecule has 0 aromatic rings. The molecule has 1 aliphatic rings. The highest BCUT2D eigenvalue weighted by Crippen LogP contribution is 2.20. The average Bonchev–Trinajstić information content (AvgIpc) is 2.39. The fourth-order valence-electron chi connectivity index (χ4n) is 2.92. The Bertz CT molecular complexity index is 334. The highest BCUT2D eigenvalue weighted by Gasteiger charge is 2.30. The molecule has 0 amide bonds. The molecule has 0 radical (unpaired) electrons. The third-order valence-corrected chi connectivity index (χ3v) is 4.61. The highest BCUT2D eigenvalue weighted by molar-refractivity contribution is 5.03. The predicted molar refractivity (Wildman–Crippen MR) is 84.7 cm³/mol. The van der Waals surface area contributed by atoms with Gasteiger partial charge in [0.05, 0.1) is 6.07 Å². The van der Waals surface area contributed by atoms with Crippen LogP contribution in [-0.2, 0) is 0 Å². The maximum Gasteiger partial charge on any atom is 0.103 e. The molecule has 0 bridgehead atoms. The van der Waals surface area contributed by atoms with Gasteiger partial charge in [-0.3, -0.25) is 10.2 Å². The lowest BCUT2D eigenvalue weighted by Gasteiger charge is -2.45. The van der Waals surface area contributed by atoms with Crippen molar-refractivity contribution >= 4 is 0 Å². The average molecular weight is 280 g/mol. The fourth-order valence-corrected chi connectivity index (χ4v) is 2.92. The van der Waals surface area contributed by atoms with E-state index >= 15 is 0 Å². The molecule has 4 heteroatoms. The first kappa shape index (κ1) is 17.4. The Balaban J connectivity index is 2.27. The second-order valence-electron chi connectivity index (χ2n) is 6.94. The van der Waals surface area contributed by atoms with Gasteiger partial charge < -0.3 is 4.90 Å². The first-order valence-corrected chi connectivity index (χ1v) is 7.93. The number of likely N-dealkylation sites (N-methyl/N-ethyl adjacent to an activating group) is 1. The van der Waals surface area contributed by atoms with E-state index in [9.17, 15) is 5.26 Å². The van der Waals surface area contributed by atoms with Crippen molar-refractivity contribution in [2.45, 2.75) is 58.0 Å². The number of rotatable bonds is 7. The summed E-state index contributed by atoms with van der Waals surface area (Å²) in [4.78, 5) is 5.01. The Kier molecular flexibility index (Phi) is 6.44. The van der Waals surface area contributed by atoms with Crippen LogP contribution in [0, 0.1) is 11.3 Å². The molecule has 116 valence electrons. The minimum atomic E-state index is -0.351. The Hall–Kier alpha value is -0.630. The number of nitrogens with one attached hydrogen (secondary N) is 1. The van der Waals surface area contributed by atoms with Crippen LogP contribution in [0.15, 0.2) is 0 Å². The number of piperazine rings is 1. The molecule has 0 aliphatic carbocycles. The van der Waals surface area contributed by atoms with Crippen molar-refractivity contribution in [2.75, 3.05) is 39.8 Å². The third-order valence-electron chi connectivity index (χ3n) is 4.61. The van der Waals surface area contributed by atoms with Gasteiger partial charge in [0.15, 0.2) is 0 Å². The van der Waals surface area contributed by atoms with Gasteiger partial charge in [0, 0.05) is 25.2 Å². The number of hydrogen-bond acceptors (Lipinski definition) is 4. The van der Waals surface area contributed by atoms with E-state index < -0.39 is 0 Å². The largest absolute Gasteiger partial charge is 0.300 e. The van der Waals surface area contributed by atoms with Crippen molar-refractivity contribution in [1.29, 1.82) is 5.26 Å². The van der Waals surface area contributed by atoms with E-state index in [-0.39, 0.29) is 11.1 Å². The summed E-state index contributed by atoms with van der Waals surface area (Å²) in [5, 5.41) is 12.5. The van der Waals surface area contributed by atoms with Gasteiger partial charge in [-0.25, -0.2) is 0 Å². The van der Waals surface area contributed by atoms with E-state index in [4.69, 9.17) is 0 Å². The molecule has 1 atom stereocenters. The summed E-state index contributed by atoms with van der Waals surface area (Å²) >= 11 is 0. The minimum absolute atomic E-state index is 0.281. The lowest BCUT2D eigenvalue weighted by Crippen LogP contribution is -2.57. The van der Waals surface area contributed by atoms with Gasteiger partial charge in [0.2, 0.25) is 0 Å². The summed E-state index contributed by atoms with van der Waals surface area (Å²) in [6.07, 6.45) is 3.24. The van der Waals surface area contributed by atoms with Gasteiger partial charge >= 0.3 is 0 Å². The van der Waals surface area contributed by atoms with E-state index in [1.165, 1.54) is 13.0 Å². The quantitative estimate of drug-likeness (QED) is 0.725. The molecule has 1 N–H and O–H groups in total. The van der Waals surface area contributed by atoms with Crippen LogP contribution >= 0.6 is 0 Å². The summed E-state index contributed by atoms with van der Waals surface area (Å²) in [5.41, 5.74) is -0.0701. The lowest BCUT2D eigenvalue weighted by atomic mass is 9.96. The van der Waals surface area contributed by atoms with Crippen molar-refractivity contribution < 1.29 is 0 Å². The van der Waals surface area contributed by atoms with Crippen LogP contribution in [0.1, 0.15) is 47.0 Å². The molecule has 1 unspecified atom stereocenters. The van der Waals surface area contributed by atoms with Crippen LogP contribution in [0.25, 0.3) is 0 Å². The van der Waals surface area contributed by atoms with E-state index in [0.29, 0.717) is 0 Å². The lowest BCUT2D eigenvalue weighted by molar-refractivity contribution is 0.0391. The minimum Gasteiger partial charge on any atom is -0.300 e. The summed E-state index contributed by atoms with van der Waals surface area (Å²) in [7, 11) is 2.21. The van der Waals surface area contributed by atoms with Gasteiger partial charge in [-0.1, -0.05) is 6.92 Å². The number of unbranched alkanes of at least 4 members (excludes halogenated alkanes) is 1. The summed E-state index contributed by atoms with van der Waals surface area (Å²) in [6.45, 7) is 14.2. The van der Waals surface area contributed by atoms with Gasteiger partial charge in [-0.15, -0.1) is 0 Å². The van der Waals surface area contributed by atoms with Crippen LogP contribution in [0.3, 0.4) is 0 Å². The molecule has 1 heterocycles. The fraction of sp³-hybridized carbons (Fsp3) is 0.938. The monoisotopic (exact) mass is 280 g/mol. The van der Waals surface area contributed by atoms with Crippen LogP contribution in [0.5, 0.6) is 0 Å². The van der Waals surface area contributed by atoms with Gasteiger partial charge in [0.1, 0.15) is 5.54 Å². The molecular weight excluding hydrogens is 248 g/mol. The van der Waals surface area contributed by atoms with Gasteiger partial charge in [-0.05, 0) is 60.2 Å². The van der Waals surface area contributed by atoms with Crippen molar-refractivity contribution in [3.63, 3.8) is 0 Å². The first-order chi connectivity index (χ1) is 9.33. The standard InChI is InChI=1S/C16H32N4/c1-6-18-16(4,13-17)9-7-8-10-20-12-11-19(5)15(2,3)14-20/h18H,6-12,14H2,1-5H3. The van der Waals surface area contributed by atoms with Crippen molar-refractivity contribution in [2.24, 2.45) is 0 Å². The van der Waals surface area contributed by atoms with Crippen molar-refractivity contribution in [1.82, 2.24) is 15.1 Å². The zero-order valence-corrected chi connectivity index (χ0v) is 14.0. The number of nitrogens with zero attached hydrogens (tertiary/aromatic N) is 3. The van der Waals surface area contributed by atoms with E-state index in [2.05, 4.69) is 49.0 Å². The molecule has 1 aliphatic heterocycles. The molecule has 0 aromatic heterocycles. The smallest absolute Gasteiger partial charge is 0.103 e. The molecule has 4 nitrogen and oxygen atoms in total. The van der Waals surface area contributed by atoms with E-state index in [1.807, 2.05) is 6.92 Å². The van der Waals surface area contributed by atoms with Crippen LogP contribution in [-0.4, -0.2) is 60.6 Å². The van der Waals surface area contributed by atoms with Gasteiger partial charge in [-0.2, -0.15) is 5.26 Å². The van der Waals surface area contributed by atoms with Gasteiger partial charge in [0.25, 0.3) is 0 Å². The zero-order chi connectivity index (χ0) is 15.2. The Morgan fingerprint density at radius 1 is 1.30 bits per heavy atom. The Labute approximate surface area is 125 Å². The molecule has 0 saturated carbocycles. The topological polar surface area (TPSA) is 42.3 Å².